The normalized spacial score (nSPS) is 23.3. The van der Waals surface area contributed by atoms with E-state index in [-0.39, 0.29) is 11.9 Å². The van der Waals surface area contributed by atoms with E-state index in [0.717, 1.165) is 38.0 Å². The molecule has 1 amide bonds. The van der Waals surface area contributed by atoms with Gasteiger partial charge in [-0.25, -0.2) is 0 Å². The molecular formula is C22H33N3O2. The summed E-state index contributed by atoms with van der Waals surface area (Å²) in [4.78, 5) is 17.7. The van der Waals surface area contributed by atoms with Gasteiger partial charge in [-0.1, -0.05) is 25.0 Å². The zero-order valence-electron chi connectivity index (χ0n) is 16.5. The Balaban J connectivity index is 1.27. The third kappa shape index (κ3) is 4.82. The zero-order valence-corrected chi connectivity index (χ0v) is 16.5. The molecule has 1 N–H and O–H groups in total. The summed E-state index contributed by atoms with van der Waals surface area (Å²) in [5.41, 5.74) is 1.19. The van der Waals surface area contributed by atoms with Gasteiger partial charge in [-0.05, 0) is 49.3 Å². The first kappa shape index (κ1) is 18.8. The minimum Gasteiger partial charge on any atom is -0.497 e. The maximum Gasteiger partial charge on any atom is 0.234 e. The Bertz CT molecular complexity index is 615. The number of benzene rings is 1. The fourth-order valence-electron chi connectivity index (χ4n) is 4.69. The van der Waals surface area contributed by atoms with E-state index in [4.69, 9.17) is 4.74 Å². The highest BCUT2D eigenvalue weighted by Gasteiger charge is 2.34. The van der Waals surface area contributed by atoms with Crippen molar-refractivity contribution in [1.82, 2.24) is 15.1 Å². The van der Waals surface area contributed by atoms with Crippen molar-refractivity contribution in [3.8, 4) is 5.75 Å². The molecule has 27 heavy (non-hydrogen) atoms. The highest BCUT2D eigenvalue weighted by atomic mass is 16.5. The molecule has 2 saturated carbocycles. The Kier molecular flexibility index (Phi) is 5.98. The lowest BCUT2D eigenvalue weighted by Gasteiger charge is -2.37. The Hall–Kier alpha value is -1.59. The van der Waals surface area contributed by atoms with Crippen LogP contribution in [0.5, 0.6) is 5.75 Å². The number of carbonyl (C=O) groups excluding carboxylic acids is 1. The quantitative estimate of drug-likeness (QED) is 0.801. The Morgan fingerprint density at radius 3 is 2.33 bits per heavy atom. The molecule has 4 rings (SSSR count). The fourth-order valence-corrected chi connectivity index (χ4v) is 4.69. The van der Waals surface area contributed by atoms with Crippen molar-refractivity contribution < 1.29 is 9.53 Å². The third-order valence-electron chi connectivity index (χ3n) is 6.50. The van der Waals surface area contributed by atoms with Crippen molar-refractivity contribution in [3.05, 3.63) is 29.8 Å². The molecule has 1 atom stereocenters. The molecule has 0 aromatic heterocycles. The molecule has 5 heteroatoms. The summed E-state index contributed by atoms with van der Waals surface area (Å²) in [7, 11) is 1.68. The van der Waals surface area contributed by atoms with Crippen LogP contribution >= 0.6 is 0 Å². The average Bonchev–Trinajstić information content (AvgIpc) is 3.40. The summed E-state index contributed by atoms with van der Waals surface area (Å²) >= 11 is 0. The predicted octanol–water partition coefficient (Wildman–Crippen LogP) is 2.82. The molecule has 0 spiro atoms. The molecule has 3 fully saturated rings. The molecule has 1 aromatic carbocycles. The van der Waals surface area contributed by atoms with Crippen LogP contribution in [0.2, 0.25) is 0 Å². The molecule has 1 heterocycles. The average molecular weight is 372 g/mol. The SMILES string of the molecule is COc1ccc(C(NC(=O)CN2CCN(C3CCCC3)CC2)C2CC2)cc1. The Morgan fingerprint density at radius 2 is 1.74 bits per heavy atom. The zero-order chi connectivity index (χ0) is 18.6. The molecule has 148 valence electrons. The smallest absolute Gasteiger partial charge is 0.234 e. The number of ether oxygens (including phenoxy) is 1. The second-order valence-corrected chi connectivity index (χ2v) is 8.41. The summed E-state index contributed by atoms with van der Waals surface area (Å²) in [6.45, 7) is 4.78. The van der Waals surface area contributed by atoms with Gasteiger partial charge >= 0.3 is 0 Å². The molecule has 0 bridgehead atoms. The minimum absolute atomic E-state index is 0.142. The number of methoxy groups -OCH3 is 1. The topological polar surface area (TPSA) is 44.8 Å². The standard InChI is InChI=1S/C22H33N3O2/c1-27-20-10-8-18(9-11-20)22(17-6-7-17)23-21(26)16-24-12-14-25(15-13-24)19-4-2-3-5-19/h8-11,17,19,22H,2-7,12-16H2,1H3,(H,23,26). The summed E-state index contributed by atoms with van der Waals surface area (Å²) in [6, 6.07) is 9.09. The molecular weight excluding hydrogens is 338 g/mol. The second-order valence-electron chi connectivity index (χ2n) is 8.41. The molecule has 2 aliphatic carbocycles. The number of rotatable bonds is 7. The van der Waals surface area contributed by atoms with E-state index in [2.05, 4.69) is 27.2 Å². The van der Waals surface area contributed by atoms with Crippen LogP contribution in [-0.4, -0.2) is 61.6 Å². The van der Waals surface area contributed by atoms with Gasteiger partial charge in [-0.15, -0.1) is 0 Å². The lowest BCUT2D eigenvalue weighted by Crippen LogP contribution is -2.52. The van der Waals surface area contributed by atoms with Crippen molar-refractivity contribution in [2.75, 3.05) is 39.8 Å². The van der Waals surface area contributed by atoms with Gasteiger partial charge in [0.05, 0.1) is 19.7 Å². The number of piperazine rings is 1. The van der Waals surface area contributed by atoms with Crippen molar-refractivity contribution in [1.29, 1.82) is 0 Å². The molecule has 1 aliphatic heterocycles. The summed E-state index contributed by atoms with van der Waals surface area (Å²) in [6.07, 6.45) is 7.92. The van der Waals surface area contributed by atoms with Gasteiger partial charge in [0.25, 0.3) is 0 Å². The van der Waals surface area contributed by atoms with E-state index >= 15 is 0 Å². The molecule has 1 aromatic rings. The van der Waals surface area contributed by atoms with E-state index < -0.39 is 0 Å². The van der Waals surface area contributed by atoms with Crippen LogP contribution in [0.3, 0.4) is 0 Å². The van der Waals surface area contributed by atoms with Crippen molar-refractivity contribution in [2.24, 2.45) is 5.92 Å². The highest BCUT2D eigenvalue weighted by molar-refractivity contribution is 5.78. The van der Waals surface area contributed by atoms with Crippen molar-refractivity contribution in [2.45, 2.75) is 50.6 Å². The van der Waals surface area contributed by atoms with E-state index in [1.807, 2.05) is 12.1 Å². The van der Waals surface area contributed by atoms with E-state index in [0.29, 0.717) is 12.5 Å². The molecule has 1 unspecified atom stereocenters. The van der Waals surface area contributed by atoms with E-state index in [1.54, 1.807) is 7.11 Å². The molecule has 5 nitrogen and oxygen atoms in total. The summed E-state index contributed by atoms with van der Waals surface area (Å²) in [5.74, 6) is 1.61. The number of nitrogens with zero attached hydrogens (tertiary/aromatic N) is 2. The molecule has 3 aliphatic rings. The first-order chi connectivity index (χ1) is 13.2. The lowest BCUT2D eigenvalue weighted by molar-refractivity contribution is -0.123. The van der Waals surface area contributed by atoms with Crippen LogP contribution in [0.25, 0.3) is 0 Å². The fraction of sp³-hybridized carbons (Fsp3) is 0.682. The van der Waals surface area contributed by atoms with Gasteiger partial charge < -0.3 is 10.1 Å². The van der Waals surface area contributed by atoms with Gasteiger partial charge in [0, 0.05) is 32.2 Å². The van der Waals surface area contributed by atoms with Crippen LogP contribution in [0.4, 0.5) is 0 Å². The van der Waals surface area contributed by atoms with Gasteiger partial charge in [0.15, 0.2) is 0 Å². The summed E-state index contributed by atoms with van der Waals surface area (Å²) in [5, 5.41) is 3.31. The Morgan fingerprint density at radius 1 is 1.07 bits per heavy atom. The summed E-state index contributed by atoms with van der Waals surface area (Å²) < 4.78 is 5.25. The maximum atomic E-state index is 12.7. The predicted molar refractivity (Wildman–Crippen MR) is 107 cm³/mol. The third-order valence-corrected chi connectivity index (χ3v) is 6.50. The van der Waals surface area contributed by atoms with Gasteiger partial charge in [-0.2, -0.15) is 0 Å². The molecule has 0 radical (unpaired) electrons. The van der Waals surface area contributed by atoms with E-state index in [1.165, 1.54) is 44.1 Å². The number of carbonyl (C=O) groups is 1. The van der Waals surface area contributed by atoms with Crippen LogP contribution in [0.1, 0.15) is 50.1 Å². The number of hydrogen-bond donors (Lipinski definition) is 1. The van der Waals surface area contributed by atoms with Crippen molar-refractivity contribution in [3.63, 3.8) is 0 Å². The lowest BCUT2D eigenvalue weighted by atomic mass is 10.0. The van der Waals surface area contributed by atoms with Gasteiger partial charge in [0.1, 0.15) is 5.75 Å². The highest BCUT2D eigenvalue weighted by Crippen LogP contribution is 2.41. The van der Waals surface area contributed by atoms with Crippen LogP contribution < -0.4 is 10.1 Å². The number of nitrogens with one attached hydrogen (secondary N) is 1. The van der Waals surface area contributed by atoms with Gasteiger partial charge in [-0.3, -0.25) is 14.6 Å². The number of hydrogen-bond acceptors (Lipinski definition) is 4. The monoisotopic (exact) mass is 371 g/mol. The van der Waals surface area contributed by atoms with Crippen LogP contribution in [0, 0.1) is 5.92 Å². The Labute approximate surface area is 163 Å². The van der Waals surface area contributed by atoms with Crippen molar-refractivity contribution >= 4 is 5.91 Å². The second kappa shape index (κ2) is 8.61. The largest absolute Gasteiger partial charge is 0.497 e. The minimum atomic E-state index is 0.142. The molecule has 1 saturated heterocycles. The number of amides is 1. The first-order valence-electron chi connectivity index (χ1n) is 10.6. The maximum absolute atomic E-state index is 12.7. The van der Waals surface area contributed by atoms with Crippen LogP contribution in [-0.2, 0) is 4.79 Å². The van der Waals surface area contributed by atoms with Crippen LogP contribution in [0.15, 0.2) is 24.3 Å². The first-order valence-corrected chi connectivity index (χ1v) is 10.6. The van der Waals surface area contributed by atoms with Gasteiger partial charge in [0.2, 0.25) is 5.91 Å². The van der Waals surface area contributed by atoms with E-state index in [9.17, 15) is 4.79 Å².